The van der Waals surface area contributed by atoms with Crippen LogP contribution in [0.1, 0.15) is 24.0 Å². The molecule has 0 bridgehead atoms. The highest BCUT2D eigenvalue weighted by atomic mass is 19.4. The number of benzene rings is 1. The normalized spacial score (nSPS) is 20.7. The second-order valence-corrected chi connectivity index (χ2v) is 10.5. The highest BCUT2D eigenvalue weighted by Gasteiger charge is 2.44. The van der Waals surface area contributed by atoms with Gasteiger partial charge in [0.25, 0.3) is 0 Å². The molecule has 2 aliphatic heterocycles. The van der Waals surface area contributed by atoms with Crippen LogP contribution in [0.4, 0.5) is 19.0 Å². The van der Waals surface area contributed by atoms with Gasteiger partial charge in [0.05, 0.1) is 6.42 Å². The quantitative estimate of drug-likeness (QED) is 0.429. The van der Waals surface area contributed by atoms with Crippen LogP contribution < -0.4 is 10.6 Å². The summed E-state index contributed by atoms with van der Waals surface area (Å²) >= 11 is 0. The Labute approximate surface area is 211 Å². The highest BCUT2D eigenvalue weighted by Crippen LogP contribution is 2.42. The molecule has 2 aliphatic rings. The minimum absolute atomic E-state index is 0.125. The number of likely N-dealkylation sites (tertiary alicyclic amines) is 1. The SMILES string of the molecule is NC(=O)Cn1ccc2ccc(CN3CCC4(CCN(c5ncnn6cc(CC(F)(F)F)cc56)C4)C3)cc21. The van der Waals surface area contributed by atoms with Gasteiger partial charge in [0.1, 0.15) is 18.4 Å². The van der Waals surface area contributed by atoms with Gasteiger partial charge in [-0.2, -0.15) is 18.3 Å². The van der Waals surface area contributed by atoms with E-state index in [-0.39, 0.29) is 23.4 Å². The summed E-state index contributed by atoms with van der Waals surface area (Å²) in [5, 5.41) is 5.21. The van der Waals surface area contributed by atoms with Crippen molar-refractivity contribution in [3.63, 3.8) is 0 Å². The lowest BCUT2D eigenvalue weighted by Crippen LogP contribution is -2.31. The Kier molecular flexibility index (Phi) is 5.63. The number of primary amides is 1. The summed E-state index contributed by atoms with van der Waals surface area (Å²) < 4.78 is 42.1. The Morgan fingerprint density at radius 2 is 1.86 bits per heavy atom. The molecule has 3 aromatic heterocycles. The number of anilines is 1. The molecule has 1 unspecified atom stereocenters. The van der Waals surface area contributed by atoms with E-state index in [1.54, 1.807) is 6.07 Å². The first-order chi connectivity index (χ1) is 17.7. The smallest absolute Gasteiger partial charge is 0.368 e. The van der Waals surface area contributed by atoms with Gasteiger partial charge < -0.3 is 15.2 Å². The van der Waals surface area contributed by atoms with Crippen LogP contribution in [0.3, 0.4) is 0 Å². The number of hydrogen-bond acceptors (Lipinski definition) is 5. The Morgan fingerprint density at radius 1 is 1.05 bits per heavy atom. The van der Waals surface area contributed by atoms with Gasteiger partial charge in [-0.15, -0.1) is 0 Å². The molecule has 6 rings (SSSR count). The van der Waals surface area contributed by atoms with E-state index in [0.717, 1.165) is 56.5 Å². The van der Waals surface area contributed by atoms with Crippen LogP contribution in [0.25, 0.3) is 16.4 Å². The molecule has 1 aromatic carbocycles. The number of alkyl halides is 3. The monoisotopic (exact) mass is 511 g/mol. The van der Waals surface area contributed by atoms with E-state index in [4.69, 9.17) is 5.73 Å². The van der Waals surface area contributed by atoms with Crippen molar-refractivity contribution in [3.05, 3.63) is 60.2 Å². The maximum Gasteiger partial charge on any atom is 0.393 e. The lowest BCUT2D eigenvalue weighted by Gasteiger charge is -2.25. The predicted octanol–water partition coefficient (Wildman–Crippen LogP) is 3.38. The summed E-state index contributed by atoms with van der Waals surface area (Å²) in [5.74, 6) is 0.326. The standard InChI is InChI=1S/C26H28F3N7O/c27-26(28,29)11-19-10-22-24(31-17-32-36(22)13-19)35-8-5-25(16-35)4-7-33(15-25)12-18-1-2-20-3-6-34(14-23(30)37)21(20)9-18/h1-3,6,9-10,13,17H,4-5,7-8,11-12,14-16H2,(H2,30,37). The van der Waals surface area contributed by atoms with Crippen LogP contribution in [0.5, 0.6) is 0 Å². The summed E-state index contributed by atoms with van der Waals surface area (Å²) in [4.78, 5) is 20.5. The van der Waals surface area contributed by atoms with Gasteiger partial charge in [-0.05, 0) is 54.1 Å². The number of rotatable bonds is 6. The van der Waals surface area contributed by atoms with Gasteiger partial charge in [0.15, 0.2) is 5.82 Å². The van der Waals surface area contributed by atoms with Crippen LogP contribution in [0.2, 0.25) is 0 Å². The van der Waals surface area contributed by atoms with E-state index in [0.29, 0.717) is 11.3 Å². The third-order valence-corrected chi connectivity index (χ3v) is 7.67. The summed E-state index contributed by atoms with van der Waals surface area (Å²) in [6.07, 6.45) is 1.57. The number of nitrogens with zero attached hydrogens (tertiary/aromatic N) is 6. The first-order valence-corrected chi connectivity index (χ1v) is 12.4. The fourth-order valence-corrected chi connectivity index (χ4v) is 6.05. The zero-order chi connectivity index (χ0) is 25.8. The van der Waals surface area contributed by atoms with Gasteiger partial charge >= 0.3 is 6.18 Å². The van der Waals surface area contributed by atoms with Crippen molar-refractivity contribution in [2.45, 2.75) is 38.5 Å². The minimum Gasteiger partial charge on any atom is -0.368 e. The van der Waals surface area contributed by atoms with Gasteiger partial charge in [0.2, 0.25) is 5.91 Å². The number of nitrogens with two attached hydrogens (primary N) is 1. The number of fused-ring (bicyclic) bond motifs is 2. The molecular formula is C26H28F3N7O. The molecule has 37 heavy (non-hydrogen) atoms. The second kappa shape index (κ2) is 8.76. The van der Waals surface area contributed by atoms with Crippen molar-refractivity contribution in [1.82, 2.24) is 24.1 Å². The topological polar surface area (TPSA) is 84.7 Å². The molecule has 1 amide bonds. The third kappa shape index (κ3) is 4.75. The number of amides is 1. The summed E-state index contributed by atoms with van der Waals surface area (Å²) in [6.45, 7) is 4.53. The van der Waals surface area contributed by atoms with E-state index in [1.807, 2.05) is 16.8 Å². The fraction of sp³-hybridized carbons (Fsp3) is 0.423. The molecule has 2 N–H and O–H groups in total. The van der Waals surface area contributed by atoms with E-state index in [9.17, 15) is 18.0 Å². The number of carbonyl (C=O) groups is 1. The zero-order valence-corrected chi connectivity index (χ0v) is 20.3. The molecular weight excluding hydrogens is 483 g/mol. The molecule has 11 heteroatoms. The van der Waals surface area contributed by atoms with Crippen LogP contribution in [0, 0.1) is 5.41 Å². The molecule has 2 saturated heterocycles. The number of carbonyl (C=O) groups excluding carboxylic acids is 1. The second-order valence-electron chi connectivity index (χ2n) is 10.5. The van der Waals surface area contributed by atoms with E-state index < -0.39 is 12.6 Å². The minimum atomic E-state index is -4.26. The van der Waals surface area contributed by atoms with Crippen molar-refractivity contribution in [2.24, 2.45) is 11.1 Å². The first kappa shape index (κ1) is 23.8. The molecule has 4 aromatic rings. The van der Waals surface area contributed by atoms with Crippen molar-refractivity contribution in [3.8, 4) is 0 Å². The summed E-state index contributed by atoms with van der Waals surface area (Å²) in [6, 6.07) is 9.88. The molecule has 5 heterocycles. The number of aromatic nitrogens is 4. The van der Waals surface area contributed by atoms with E-state index in [2.05, 4.69) is 38.1 Å². The van der Waals surface area contributed by atoms with Crippen molar-refractivity contribution in [1.29, 1.82) is 0 Å². The molecule has 0 saturated carbocycles. The van der Waals surface area contributed by atoms with Crippen molar-refractivity contribution >= 4 is 28.1 Å². The lowest BCUT2D eigenvalue weighted by molar-refractivity contribution is -0.127. The van der Waals surface area contributed by atoms with Crippen LogP contribution >= 0.6 is 0 Å². The molecule has 2 fully saturated rings. The Bertz CT molecular complexity index is 1480. The van der Waals surface area contributed by atoms with Gasteiger partial charge in [-0.25, -0.2) is 9.50 Å². The van der Waals surface area contributed by atoms with E-state index >= 15 is 0 Å². The summed E-state index contributed by atoms with van der Waals surface area (Å²) in [5.41, 5.74) is 8.51. The predicted molar refractivity (Wildman–Crippen MR) is 133 cm³/mol. The van der Waals surface area contributed by atoms with Crippen LogP contribution in [-0.2, 0) is 24.3 Å². The average Bonchev–Trinajstić information content (AvgIpc) is 3.60. The molecule has 0 aliphatic carbocycles. The maximum absolute atomic E-state index is 12.9. The number of halogens is 3. The molecule has 1 spiro atoms. The third-order valence-electron chi connectivity index (χ3n) is 7.67. The molecule has 194 valence electrons. The van der Waals surface area contributed by atoms with Crippen molar-refractivity contribution in [2.75, 3.05) is 31.1 Å². The van der Waals surface area contributed by atoms with Gasteiger partial charge in [0, 0.05) is 49.5 Å². The average molecular weight is 512 g/mol. The Morgan fingerprint density at radius 3 is 2.68 bits per heavy atom. The molecule has 8 nitrogen and oxygen atoms in total. The largest absolute Gasteiger partial charge is 0.393 e. The van der Waals surface area contributed by atoms with Crippen LogP contribution in [0.15, 0.2) is 49.1 Å². The highest BCUT2D eigenvalue weighted by molar-refractivity contribution is 5.83. The summed E-state index contributed by atoms with van der Waals surface area (Å²) in [7, 11) is 0. The molecule has 0 radical (unpaired) electrons. The first-order valence-electron chi connectivity index (χ1n) is 12.4. The van der Waals surface area contributed by atoms with E-state index in [1.165, 1.54) is 22.6 Å². The van der Waals surface area contributed by atoms with Crippen LogP contribution in [-0.4, -0.2) is 62.3 Å². The zero-order valence-electron chi connectivity index (χ0n) is 20.3. The van der Waals surface area contributed by atoms with Gasteiger partial charge in [-0.1, -0.05) is 12.1 Å². The van der Waals surface area contributed by atoms with Crippen molar-refractivity contribution < 1.29 is 18.0 Å². The fourth-order valence-electron chi connectivity index (χ4n) is 6.05. The van der Waals surface area contributed by atoms with Gasteiger partial charge in [-0.3, -0.25) is 9.69 Å². The Balaban J connectivity index is 1.16. The maximum atomic E-state index is 12.9. The lowest BCUT2D eigenvalue weighted by atomic mass is 9.86. The number of hydrogen-bond donors (Lipinski definition) is 1. The molecule has 1 atom stereocenters. The Hall–Kier alpha value is -3.60.